The number of morpholine rings is 1. The van der Waals surface area contributed by atoms with Crippen molar-refractivity contribution in [2.45, 2.75) is 37.7 Å². The largest absolute Gasteiger partial charge is 0.416 e. The molecule has 0 aliphatic carbocycles. The van der Waals surface area contributed by atoms with Crippen LogP contribution in [0.5, 0.6) is 0 Å². The van der Waals surface area contributed by atoms with Gasteiger partial charge in [0.2, 0.25) is 0 Å². The molecule has 3 saturated heterocycles. The van der Waals surface area contributed by atoms with Crippen LogP contribution in [-0.4, -0.2) is 90.6 Å². The highest BCUT2D eigenvalue weighted by molar-refractivity contribution is 6.17. The molecule has 0 saturated carbocycles. The minimum Gasteiger partial charge on any atom is -0.379 e. The first kappa shape index (κ1) is 30.8. The Labute approximate surface area is 243 Å². The van der Waals surface area contributed by atoms with Gasteiger partial charge in [-0.3, -0.25) is 24.3 Å². The Morgan fingerprint density at radius 3 is 2.00 bits per heavy atom. The number of amides is 4. The molecule has 3 aliphatic heterocycles. The van der Waals surface area contributed by atoms with Crippen molar-refractivity contribution in [3.8, 4) is 0 Å². The van der Waals surface area contributed by atoms with Gasteiger partial charge in [-0.2, -0.15) is 26.3 Å². The van der Waals surface area contributed by atoms with E-state index in [1.165, 1.54) is 9.80 Å². The molecular weight excluding hydrogens is 582 g/mol. The molecule has 0 unspecified atom stereocenters. The molecule has 3 heterocycles. The summed E-state index contributed by atoms with van der Waals surface area (Å²) < 4.78 is 85.7. The van der Waals surface area contributed by atoms with Gasteiger partial charge < -0.3 is 9.64 Å². The third-order valence-electron chi connectivity index (χ3n) is 8.31. The predicted octanol–water partition coefficient (Wildman–Crippen LogP) is 4.81. The third-order valence-corrected chi connectivity index (χ3v) is 8.31. The van der Waals surface area contributed by atoms with E-state index in [1.54, 1.807) is 31.2 Å². The number of imide groups is 1. The number of halogens is 6. The fourth-order valence-electron chi connectivity index (χ4n) is 5.93. The van der Waals surface area contributed by atoms with E-state index in [4.69, 9.17) is 4.74 Å². The molecule has 2 aromatic carbocycles. The summed E-state index contributed by atoms with van der Waals surface area (Å²) in [6.45, 7) is 4.46. The second kappa shape index (κ2) is 11.5. The number of alkyl halides is 6. The second-order valence-electron chi connectivity index (χ2n) is 10.9. The molecule has 3 aliphatic rings. The summed E-state index contributed by atoms with van der Waals surface area (Å²) in [6, 6.07) is 7.29. The molecule has 0 radical (unpaired) electrons. The molecule has 14 heteroatoms. The normalized spacial score (nSPS) is 19.9. The van der Waals surface area contributed by atoms with Crippen molar-refractivity contribution in [1.29, 1.82) is 0 Å². The van der Waals surface area contributed by atoms with Crippen LogP contribution in [0.3, 0.4) is 0 Å². The van der Waals surface area contributed by atoms with Gasteiger partial charge in [-0.1, -0.05) is 18.2 Å². The van der Waals surface area contributed by atoms with Crippen molar-refractivity contribution in [3.63, 3.8) is 0 Å². The van der Waals surface area contributed by atoms with E-state index in [0.29, 0.717) is 50.7 Å². The van der Waals surface area contributed by atoms with E-state index in [-0.39, 0.29) is 38.5 Å². The first-order valence-electron chi connectivity index (χ1n) is 13.8. The number of benzene rings is 2. The standard InChI is InChI=1S/C29H30F6N4O4/c1-19-4-2-3-5-23(19)39-26(42)38(11-10-36-12-14-43-15-13-36)25(41)27(39)6-8-37(9-7-27)24(40)20-16-21(28(30,31)32)18-22(17-20)29(33,34)35/h2-5,16-18H,6-15H2,1H3. The number of nitrogens with zero attached hydrogens (tertiary/aromatic N) is 4. The number of para-hydroxylation sites is 1. The van der Waals surface area contributed by atoms with Crippen molar-refractivity contribution in [1.82, 2.24) is 14.7 Å². The topological polar surface area (TPSA) is 73.4 Å². The molecule has 1 spiro atoms. The van der Waals surface area contributed by atoms with Crippen LogP contribution >= 0.6 is 0 Å². The molecule has 0 bridgehead atoms. The Hall–Kier alpha value is -3.65. The molecule has 5 rings (SSSR count). The highest BCUT2D eigenvalue weighted by Crippen LogP contribution is 2.42. The van der Waals surface area contributed by atoms with Gasteiger partial charge in [0.25, 0.3) is 11.8 Å². The van der Waals surface area contributed by atoms with E-state index < -0.39 is 52.4 Å². The molecule has 0 atom stereocenters. The molecule has 0 N–H and O–H groups in total. The molecule has 0 aromatic heterocycles. The molecule has 43 heavy (non-hydrogen) atoms. The van der Waals surface area contributed by atoms with Crippen LogP contribution in [0, 0.1) is 6.92 Å². The quantitative estimate of drug-likeness (QED) is 0.358. The van der Waals surface area contributed by atoms with Crippen molar-refractivity contribution in [3.05, 3.63) is 64.7 Å². The Morgan fingerprint density at radius 1 is 0.860 bits per heavy atom. The molecule has 3 fully saturated rings. The summed E-state index contributed by atoms with van der Waals surface area (Å²) in [5.74, 6) is -1.46. The number of hydrogen-bond acceptors (Lipinski definition) is 5. The average Bonchev–Trinajstić information content (AvgIpc) is 3.16. The SMILES string of the molecule is Cc1ccccc1N1C(=O)N(CCN2CCOCC2)C(=O)C12CCN(C(=O)c1cc(C(F)(F)F)cc(C(F)(F)F)c1)CC2. The van der Waals surface area contributed by atoms with Crippen LogP contribution in [0.1, 0.15) is 39.9 Å². The lowest BCUT2D eigenvalue weighted by molar-refractivity contribution is -0.143. The molecule has 232 valence electrons. The number of carbonyl (C=O) groups is 3. The van der Waals surface area contributed by atoms with Crippen molar-refractivity contribution >= 4 is 23.5 Å². The number of likely N-dealkylation sites (tertiary alicyclic amines) is 1. The number of anilines is 1. The minimum absolute atomic E-state index is 0.0314. The second-order valence-corrected chi connectivity index (χ2v) is 10.9. The fourth-order valence-corrected chi connectivity index (χ4v) is 5.93. The molecule has 8 nitrogen and oxygen atoms in total. The van der Waals surface area contributed by atoms with Gasteiger partial charge in [0.1, 0.15) is 5.54 Å². The summed E-state index contributed by atoms with van der Waals surface area (Å²) >= 11 is 0. The fraction of sp³-hybridized carbons (Fsp3) is 0.483. The Balaban J connectivity index is 1.41. The van der Waals surface area contributed by atoms with Gasteiger partial charge in [0.05, 0.1) is 24.3 Å². The average molecular weight is 613 g/mol. The van der Waals surface area contributed by atoms with Crippen LogP contribution in [0.2, 0.25) is 0 Å². The van der Waals surface area contributed by atoms with Crippen LogP contribution in [0.4, 0.5) is 36.8 Å². The monoisotopic (exact) mass is 612 g/mol. The van der Waals surface area contributed by atoms with E-state index in [1.807, 2.05) is 0 Å². The lowest BCUT2D eigenvalue weighted by Crippen LogP contribution is -2.58. The van der Waals surface area contributed by atoms with Gasteiger partial charge in [0, 0.05) is 50.5 Å². The highest BCUT2D eigenvalue weighted by Gasteiger charge is 2.59. The maximum atomic E-state index is 14.0. The van der Waals surface area contributed by atoms with Crippen LogP contribution < -0.4 is 4.90 Å². The van der Waals surface area contributed by atoms with Crippen molar-refractivity contribution in [2.24, 2.45) is 0 Å². The zero-order valence-corrected chi connectivity index (χ0v) is 23.3. The lowest BCUT2D eigenvalue weighted by atomic mass is 9.84. The van der Waals surface area contributed by atoms with Gasteiger partial charge >= 0.3 is 18.4 Å². The molecule has 2 aromatic rings. The van der Waals surface area contributed by atoms with Gasteiger partial charge in [-0.25, -0.2) is 4.79 Å². The van der Waals surface area contributed by atoms with Gasteiger partial charge in [-0.05, 0) is 49.6 Å². The van der Waals surface area contributed by atoms with Crippen LogP contribution in [-0.2, 0) is 21.9 Å². The summed E-state index contributed by atoms with van der Waals surface area (Å²) in [5, 5.41) is 0. The number of piperidine rings is 1. The van der Waals surface area contributed by atoms with E-state index >= 15 is 0 Å². The number of urea groups is 1. The first-order chi connectivity index (χ1) is 20.2. The predicted molar refractivity (Wildman–Crippen MR) is 142 cm³/mol. The van der Waals surface area contributed by atoms with Gasteiger partial charge in [0.15, 0.2) is 0 Å². The smallest absolute Gasteiger partial charge is 0.379 e. The zero-order valence-electron chi connectivity index (χ0n) is 23.3. The number of aryl methyl sites for hydroxylation is 1. The number of carbonyl (C=O) groups excluding carboxylic acids is 3. The van der Waals surface area contributed by atoms with E-state index in [0.717, 1.165) is 10.5 Å². The highest BCUT2D eigenvalue weighted by atomic mass is 19.4. The van der Waals surface area contributed by atoms with Crippen molar-refractivity contribution in [2.75, 3.05) is 57.4 Å². The van der Waals surface area contributed by atoms with E-state index in [9.17, 15) is 40.7 Å². The molecular formula is C29H30F6N4O4. The van der Waals surface area contributed by atoms with Crippen LogP contribution in [0.25, 0.3) is 0 Å². The first-order valence-corrected chi connectivity index (χ1v) is 13.8. The maximum absolute atomic E-state index is 14.0. The third kappa shape index (κ3) is 5.94. The lowest BCUT2D eigenvalue weighted by Gasteiger charge is -2.42. The number of ether oxygens (including phenoxy) is 1. The number of rotatable bonds is 5. The Morgan fingerprint density at radius 2 is 1.44 bits per heavy atom. The summed E-state index contributed by atoms with van der Waals surface area (Å²) in [7, 11) is 0. The Bertz CT molecular complexity index is 1370. The summed E-state index contributed by atoms with van der Waals surface area (Å²) in [5.41, 5.74) is -4.04. The number of hydrogen-bond donors (Lipinski definition) is 0. The molecule has 4 amide bonds. The minimum atomic E-state index is -5.10. The Kier molecular flexibility index (Phi) is 8.20. The summed E-state index contributed by atoms with van der Waals surface area (Å²) in [4.78, 5) is 46.9. The summed E-state index contributed by atoms with van der Waals surface area (Å²) in [6.07, 6.45) is -10.3. The van der Waals surface area contributed by atoms with Gasteiger partial charge in [-0.15, -0.1) is 0 Å². The maximum Gasteiger partial charge on any atom is 0.416 e. The zero-order chi connectivity index (χ0) is 31.2. The van der Waals surface area contributed by atoms with E-state index in [2.05, 4.69) is 4.90 Å². The van der Waals surface area contributed by atoms with Crippen molar-refractivity contribution < 1.29 is 45.5 Å². The van der Waals surface area contributed by atoms with Crippen LogP contribution in [0.15, 0.2) is 42.5 Å².